The van der Waals surface area contributed by atoms with Crippen molar-refractivity contribution in [1.29, 1.82) is 0 Å². The molecule has 2 saturated carbocycles. The highest BCUT2D eigenvalue weighted by Gasteiger charge is 2.33. The molecule has 2 aliphatic rings. The summed E-state index contributed by atoms with van der Waals surface area (Å²) in [6, 6.07) is 4.41. The molecule has 0 saturated heterocycles. The second kappa shape index (κ2) is 5.53. The molecule has 2 heterocycles. The van der Waals surface area contributed by atoms with E-state index in [2.05, 4.69) is 20.2 Å². The van der Waals surface area contributed by atoms with Gasteiger partial charge in [-0.1, -0.05) is 0 Å². The van der Waals surface area contributed by atoms with E-state index >= 15 is 0 Å². The molecule has 2 fully saturated rings. The summed E-state index contributed by atoms with van der Waals surface area (Å²) < 4.78 is 5.41. The van der Waals surface area contributed by atoms with E-state index in [0.29, 0.717) is 24.4 Å². The fourth-order valence-corrected chi connectivity index (χ4v) is 2.49. The average Bonchev–Trinajstić information content (AvgIpc) is 3.46. The Kier molecular flexibility index (Phi) is 3.36. The Morgan fingerprint density at radius 3 is 2.83 bits per heavy atom. The summed E-state index contributed by atoms with van der Waals surface area (Å²) in [5.41, 5.74) is -0.0746. The van der Waals surface area contributed by atoms with Crippen LogP contribution in [0.5, 0.6) is 0 Å². The minimum absolute atomic E-state index is 0.0746. The summed E-state index contributed by atoms with van der Waals surface area (Å²) in [7, 11) is 0. The van der Waals surface area contributed by atoms with Crippen LogP contribution in [-0.4, -0.2) is 27.0 Å². The number of nitrogens with zero attached hydrogens (tertiary/aromatic N) is 4. The molecule has 2 aliphatic carbocycles. The Hall–Kier alpha value is -2.64. The van der Waals surface area contributed by atoms with E-state index in [9.17, 15) is 10.1 Å². The maximum atomic E-state index is 11.2. The molecule has 0 atom stereocenters. The maximum absolute atomic E-state index is 11.2. The topological polar surface area (TPSA) is 97.3 Å². The number of rotatable bonds is 7. The van der Waals surface area contributed by atoms with Crippen molar-refractivity contribution in [2.75, 3.05) is 10.2 Å². The summed E-state index contributed by atoms with van der Waals surface area (Å²) in [5, 5.41) is 14.3. The molecule has 2 aromatic rings. The number of nitrogens with one attached hydrogen (secondary N) is 1. The summed E-state index contributed by atoms with van der Waals surface area (Å²) in [6.07, 6.45) is 7.13. The quantitative estimate of drug-likeness (QED) is 0.619. The van der Waals surface area contributed by atoms with Gasteiger partial charge in [-0.3, -0.25) is 10.1 Å². The lowest BCUT2D eigenvalue weighted by atomic mass is 10.4. The van der Waals surface area contributed by atoms with Gasteiger partial charge in [0.25, 0.3) is 0 Å². The largest absolute Gasteiger partial charge is 0.467 e. The van der Waals surface area contributed by atoms with E-state index in [4.69, 9.17) is 4.42 Å². The van der Waals surface area contributed by atoms with Gasteiger partial charge in [0.2, 0.25) is 11.8 Å². The summed E-state index contributed by atoms with van der Waals surface area (Å²) in [4.78, 5) is 21.4. The van der Waals surface area contributed by atoms with E-state index in [1.807, 2.05) is 12.1 Å². The second-order valence-electron chi connectivity index (χ2n) is 6.02. The molecule has 2 aromatic heterocycles. The molecule has 0 radical (unpaired) electrons. The molecule has 0 unspecified atom stereocenters. The van der Waals surface area contributed by atoms with Crippen molar-refractivity contribution in [2.24, 2.45) is 0 Å². The highest BCUT2D eigenvalue weighted by atomic mass is 16.6. The first-order valence-corrected chi connectivity index (χ1v) is 7.77. The first kappa shape index (κ1) is 14.0. The van der Waals surface area contributed by atoms with Crippen molar-refractivity contribution in [1.82, 2.24) is 9.97 Å². The van der Waals surface area contributed by atoms with Crippen molar-refractivity contribution >= 4 is 17.5 Å². The number of hydrogen-bond donors (Lipinski definition) is 1. The second-order valence-corrected chi connectivity index (χ2v) is 6.02. The van der Waals surface area contributed by atoms with Gasteiger partial charge in [0, 0.05) is 12.1 Å². The minimum atomic E-state index is -0.442. The van der Waals surface area contributed by atoms with E-state index in [0.717, 1.165) is 31.4 Å². The molecule has 0 aliphatic heterocycles. The van der Waals surface area contributed by atoms with Crippen LogP contribution in [0.2, 0.25) is 0 Å². The first-order chi connectivity index (χ1) is 11.2. The summed E-state index contributed by atoms with van der Waals surface area (Å²) in [5.74, 6) is 1.65. The third-order valence-corrected chi connectivity index (χ3v) is 4.02. The van der Waals surface area contributed by atoms with Gasteiger partial charge in [0.05, 0.1) is 17.7 Å². The Morgan fingerprint density at radius 2 is 2.22 bits per heavy atom. The van der Waals surface area contributed by atoms with Crippen molar-refractivity contribution in [3.63, 3.8) is 0 Å². The standard InChI is InChI=1S/C15H17N5O3/c21-20(22)13-8-16-15(18-14(13)17-10-3-4-10)19(11-5-6-11)9-12-2-1-7-23-12/h1-2,7-8,10-11H,3-6,9H2,(H,16,17,18). The fourth-order valence-electron chi connectivity index (χ4n) is 2.49. The van der Waals surface area contributed by atoms with E-state index in [1.54, 1.807) is 6.26 Å². The lowest BCUT2D eigenvalue weighted by Gasteiger charge is -2.21. The highest BCUT2D eigenvalue weighted by Crippen LogP contribution is 2.34. The molecular weight excluding hydrogens is 298 g/mol. The zero-order chi connectivity index (χ0) is 15.8. The maximum Gasteiger partial charge on any atom is 0.329 e. The summed E-state index contributed by atoms with van der Waals surface area (Å²) >= 11 is 0. The Labute approximate surface area is 132 Å². The lowest BCUT2D eigenvalue weighted by molar-refractivity contribution is -0.384. The molecule has 0 aromatic carbocycles. The first-order valence-electron chi connectivity index (χ1n) is 7.77. The average molecular weight is 315 g/mol. The zero-order valence-electron chi connectivity index (χ0n) is 12.5. The normalized spacial score (nSPS) is 17.0. The van der Waals surface area contributed by atoms with Crippen molar-refractivity contribution in [3.05, 3.63) is 40.5 Å². The predicted octanol–water partition coefficient (Wildman–Crippen LogP) is 2.72. The number of nitro groups is 1. The van der Waals surface area contributed by atoms with Crippen LogP contribution >= 0.6 is 0 Å². The molecule has 23 heavy (non-hydrogen) atoms. The van der Waals surface area contributed by atoms with Crippen molar-refractivity contribution < 1.29 is 9.34 Å². The van der Waals surface area contributed by atoms with Crippen molar-refractivity contribution in [2.45, 2.75) is 44.3 Å². The third kappa shape index (κ3) is 3.10. The highest BCUT2D eigenvalue weighted by molar-refractivity contribution is 5.58. The van der Waals surface area contributed by atoms with E-state index in [-0.39, 0.29) is 11.7 Å². The van der Waals surface area contributed by atoms with E-state index < -0.39 is 4.92 Å². The Balaban J connectivity index is 1.63. The zero-order valence-corrected chi connectivity index (χ0v) is 12.5. The van der Waals surface area contributed by atoms with Crippen LogP contribution in [-0.2, 0) is 6.54 Å². The summed E-state index contributed by atoms with van der Waals surface area (Å²) in [6.45, 7) is 0.568. The van der Waals surface area contributed by atoms with Gasteiger partial charge in [-0.15, -0.1) is 0 Å². The van der Waals surface area contributed by atoms with Crippen LogP contribution < -0.4 is 10.2 Å². The molecule has 0 spiro atoms. The number of hydrogen-bond acceptors (Lipinski definition) is 7. The molecule has 8 heteroatoms. The van der Waals surface area contributed by atoms with Crippen LogP contribution in [0.4, 0.5) is 17.5 Å². The van der Waals surface area contributed by atoms with Crippen LogP contribution in [0.25, 0.3) is 0 Å². The van der Waals surface area contributed by atoms with Gasteiger partial charge in [0.15, 0.2) is 0 Å². The third-order valence-electron chi connectivity index (χ3n) is 4.02. The van der Waals surface area contributed by atoms with Crippen LogP contribution in [0.3, 0.4) is 0 Å². The molecule has 4 rings (SSSR count). The monoisotopic (exact) mass is 315 g/mol. The Bertz CT molecular complexity index is 710. The van der Waals surface area contributed by atoms with E-state index in [1.165, 1.54) is 6.20 Å². The van der Waals surface area contributed by atoms with Crippen LogP contribution in [0.1, 0.15) is 31.4 Å². The predicted molar refractivity (Wildman–Crippen MR) is 83.2 cm³/mol. The van der Waals surface area contributed by atoms with Gasteiger partial charge < -0.3 is 14.6 Å². The smallest absolute Gasteiger partial charge is 0.329 e. The van der Waals surface area contributed by atoms with Gasteiger partial charge in [-0.2, -0.15) is 4.98 Å². The lowest BCUT2D eigenvalue weighted by Crippen LogP contribution is -2.27. The SMILES string of the molecule is O=[N+]([O-])c1cnc(N(Cc2ccco2)C2CC2)nc1NC1CC1. The van der Waals surface area contributed by atoms with Gasteiger partial charge in [-0.05, 0) is 37.8 Å². The molecule has 8 nitrogen and oxygen atoms in total. The van der Waals surface area contributed by atoms with Gasteiger partial charge >= 0.3 is 5.69 Å². The molecular formula is C15H17N5O3. The molecule has 1 N–H and O–H groups in total. The van der Waals surface area contributed by atoms with Crippen LogP contribution in [0, 0.1) is 10.1 Å². The molecule has 0 bridgehead atoms. The minimum Gasteiger partial charge on any atom is -0.467 e. The van der Waals surface area contributed by atoms with Gasteiger partial charge in [-0.25, -0.2) is 4.98 Å². The van der Waals surface area contributed by atoms with Gasteiger partial charge in [0.1, 0.15) is 12.0 Å². The molecule has 120 valence electrons. The van der Waals surface area contributed by atoms with Crippen LogP contribution in [0.15, 0.2) is 29.0 Å². The molecule has 0 amide bonds. The Morgan fingerprint density at radius 1 is 1.39 bits per heavy atom. The fraction of sp³-hybridized carbons (Fsp3) is 0.467. The number of anilines is 2. The number of furan rings is 1. The number of aromatic nitrogens is 2. The van der Waals surface area contributed by atoms with Crippen molar-refractivity contribution in [3.8, 4) is 0 Å².